The monoisotopic (exact) mass is 415 g/mol. The molecule has 3 aromatic rings. The summed E-state index contributed by atoms with van der Waals surface area (Å²) in [5, 5.41) is 2.01. The zero-order chi connectivity index (χ0) is 21.3. The van der Waals surface area contributed by atoms with Crippen molar-refractivity contribution in [2.45, 2.75) is 44.4 Å². The van der Waals surface area contributed by atoms with Crippen LogP contribution < -0.4 is 4.74 Å². The summed E-state index contributed by atoms with van der Waals surface area (Å²) in [4.78, 5) is 5.91. The third-order valence-electron chi connectivity index (χ3n) is 4.73. The molecule has 30 heavy (non-hydrogen) atoms. The smallest absolute Gasteiger partial charge is 0.220 e. The van der Waals surface area contributed by atoms with E-state index in [-0.39, 0.29) is 0 Å². The summed E-state index contributed by atoms with van der Waals surface area (Å²) in [6, 6.07) is 26.8. The second kappa shape index (κ2) is 10.8. The second-order valence-corrected chi connectivity index (χ2v) is 8.73. The van der Waals surface area contributed by atoms with Crippen LogP contribution in [0.2, 0.25) is 0 Å². The van der Waals surface area contributed by atoms with Crippen molar-refractivity contribution in [1.29, 1.82) is 0 Å². The minimum atomic E-state index is 0.494. The Morgan fingerprint density at radius 2 is 1.33 bits per heavy atom. The van der Waals surface area contributed by atoms with Crippen molar-refractivity contribution in [3.8, 4) is 5.75 Å². The fraction of sp³-hybridized carbons (Fsp3) is 0.222. The quantitative estimate of drug-likeness (QED) is 0.220. The van der Waals surface area contributed by atoms with E-state index < -0.39 is 0 Å². The average molecular weight is 416 g/mol. The van der Waals surface area contributed by atoms with Gasteiger partial charge < -0.3 is 4.74 Å². The molecule has 0 spiro atoms. The lowest BCUT2D eigenvalue weighted by atomic mass is 10.0. The molecule has 0 heterocycles. The molecular weight excluding hydrogens is 386 g/mol. The van der Waals surface area contributed by atoms with Crippen LogP contribution in [-0.4, -0.2) is 5.90 Å². The van der Waals surface area contributed by atoms with Gasteiger partial charge >= 0.3 is 0 Å². The molecule has 0 N–H and O–H groups in total. The Morgan fingerprint density at radius 1 is 0.767 bits per heavy atom. The first-order valence-electron chi connectivity index (χ1n) is 10.4. The van der Waals surface area contributed by atoms with Gasteiger partial charge in [-0.1, -0.05) is 81.9 Å². The van der Waals surface area contributed by atoms with Gasteiger partial charge in [0.25, 0.3) is 0 Å². The number of rotatable bonds is 7. The highest BCUT2D eigenvalue weighted by Gasteiger charge is 2.04. The lowest BCUT2D eigenvalue weighted by Crippen LogP contribution is -2.04. The largest absolute Gasteiger partial charge is 0.439 e. The van der Waals surface area contributed by atoms with E-state index in [1.54, 1.807) is 11.8 Å². The Bertz CT molecular complexity index is 972. The van der Waals surface area contributed by atoms with Gasteiger partial charge in [-0.05, 0) is 64.8 Å². The number of ether oxygens (including phenoxy) is 1. The molecule has 0 unspecified atom stereocenters. The first-order valence-corrected chi connectivity index (χ1v) is 11.2. The Hall–Kier alpha value is -2.78. The van der Waals surface area contributed by atoms with E-state index in [9.17, 15) is 0 Å². The van der Waals surface area contributed by atoms with Gasteiger partial charge in [0.2, 0.25) is 5.90 Å². The van der Waals surface area contributed by atoms with Crippen LogP contribution in [0.5, 0.6) is 5.75 Å². The summed E-state index contributed by atoms with van der Waals surface area (Å²) < 4.78 is 6.12. The van der Waals surface area contributed by atoms with Crippen LogP contribution in [0.4, 0.5) is 5.69 Å². The number of hydrogen-bond donors (Lipinski definition) is 0. The third-order valence-corrected chi connectivity index (χ3v) is 5.54. The SMILES string of the molecule is CC(C)c1ccc(N=C(C=CSc2ccccc2)Oc2ccc(C(C)C)cc2)cc1. The molecule has 0 aliphatic heterocycles. The van der Waals surface area contributed by atoms with E-state index in [4.69, 9.17) is 9.73 Å². The molecule has 0 saturated carbocycles. The maximum Gasteiger partial charge on any atom is 0.220 e. The molecule has 3 rings (SSSR count). The standard InChI is InChI=1S/C27H29NOS/c1-20(2)22-10-14-24(15-11-22)28-27(18-19-30-26-8-6-5-7-9-26)29-25-16-12-23(13-17-25)21(3)4/h5-21H,1-4H3. The van der Waals surface area contributed by atoms with Crippen molar-refractivity contribution < 1.29 is 4.74 Å². The molecular formula is C27H29NOS. The minimum Gasteiger partial charge on any atom is -0.439 e. The summed E-state index contributed by atoms with van der Waals surface area (Å²) >= 11 is 1.64. The molecule has 2 nitrogen and oxygen atoms in total. The number of aliphatic imine (C=N–C) groups is 1. The first-order chi connectivity index (χ1) is 14.5. The fourth-order valence-electron chi connectivity index (χ4n) is 2.87. The normalized spacial score (nSPS) is 12.1. The lowest BCUT2D eigenvalue weighted by Gasteiger charge is -2.09. The average Bonchev–Trinajstić information content (AvgIpc) is 2.75. The summed E-state index contributed by atoms with van der Waals surface area (Å²) in [5.74, 6) is 2.34. The van der Waals surface area contributed by atoms with E-state index in [1.807, 2.05) is 53.9 Å². The molecule has 0 aliphatic rings. The lowest BCUT2D eigenvalue weighted by molar-refractivity contribution is 0.555. The summed E-state index contributed by atoms with van der Waals surface area (Å²) in [5.41, 5.74) is 3.47. The van der Waals surface area contributed by atoms with Gasteiger partial charge in [0.15, 0.2) is 0 Å². The van der Waals surface area contributed by atoms with E-state index in [1.165, 1.54) is 16.0 Å². The zero-order valence-electron chi connectivity index (χ0n) is 18.1. The van der Waals surface area contributed by atoms with Crippen molar-refractivity contribution in [3.63, 3.8) is 0 Å². The van der Waals surface area contributed by atoms with Crippen molar-refractivity contribution in [2.75, 3.05) is 0 Å². The Labute approximate surface area is 184 Å². The predicted octanol–water partition coefficient (Wildman–Crippen LogP) is 8.35. The van der Waals surface area contributed by atoms with Gasteiger partial charge in [0.05, 0.1) is 5.69 Å². The fourth-order valence-corrected chi connectivity index (χ4v) is 3.52. The van der Waals surface area contributed by atoms with Crippen LogP contribution in [-0.2, 0) is 0 Å². The van der Waals surface area contributed by atoms with Crippen molar-refractivity contribution in [1.82, 2.24) is 0 Å². The van der Waals surface area contributed by atoms with E-state index in [2.05, 4.69) is 64.1 Å². The molecule has 0 aromatic heterocycles. The molecule has 154 valence electrons. The molecule has 0 radical (unpaired) electrons. The maximum atomic E-state index is 6.12. The van der Waals surface area contributed by atoms with Gasteiger partial charge in [-0.25, -0.2) is 4.99 Å². The number of thioether (sulfide) groups is 1. The molecule has 0 saturated heterocycles. The minimum absolute atomic E-state index is 0.494. The van der Waals surface area contributed by atoms with Gasteiger partial charge in [0, 0.05) is 11.0 Å². The van der Waals surface area contributed by atoms with Crippen LogP contribution in [0.1, 0.15) is 50.7 Å². The van der Waals surface area contributed by atoms with E-state index >= 15 is 0 Å². The topological polar surface area (TPSA) is 21.6 Å². The summed E-state index contributed by atoms with van der Waals surface area (Å²) in [6.07, 6.45) is 1.92. The maximum absolute atomic E-state index is 6.12. The van der Waals surface area contributed by atoms with Crippen molar-refractivity contribution in [3.05, 3.63) is 101 Å². The first kappa shape index (κ1) is 21.9. The van der Waals surface area contributed by atoms with Crippen molar-refractivity contribution in [2.24, 2.45) is 4.99 Å². The molecule has 0 bridgehead atoms. The molecule has 0 amide bonds. The second-order valence-electron chi connectivity index (χ2n) is 7.76. The highest BCUT2D eigenvalue weighted by molar-refractivity contribution is 8.02. The summed E-state index contributed by atoms with van der Waals surface area (Å²) in [7, 11) is 0. The third kappa shape index (κ3) is 6.64. The van der Waals surface area contributed by atoms with Crippen LogP contribution in [0.3, 0.4) is 0 Å². The Balaban J connectivity index is 1.81. The molecule has 0 atom stereocenters. The molecule has 0 fully saturated rings. The number of hydrogen-bond acceptors (Lipinski definition) is 3. The van der Waals surface area contributed by atoms with Crippen LogP contribution in [0.15, 0.2) is 100 Å². The van der Waals surface area contributed by atoms with Gasteiger partial charge in [0.1, 0.15) is 5.75 Å². The highest BCUT2D eigenvalue weighted by Crippen LogP contribution is 2.23. The van der Waals surface area contributed by atoms with E-state index in [0.29, 0.717) is 17.7 Å². The number of benzene rings is 3. The number of nitrogens with zero attached hydrogens (tertiary/aromatic N) is 1. The van der Waals surface area contributed by atoms with Crippen LogP contribution in [0.25, 0.3) is 0 Å². The van der Waals surface area contributed by atoms with Gasteiger partial charge in [-0.15, -0.1) is 0 Å². The molecule has 3 heteroatoms. The van der Waals surface area contributed by atoms with Gasteiger partial charge in [-0.2, -0.15) is 0 Å². The van der Waals surface area contributed by atoms with Crippen LogP contribution >= 0.6 is 11.8 Å². The zero-order valence-corrected chi connectivity index (χ0v) is 18.9. The highest BCUT2D eigenvalue weighted by atomic mass is 32.2. The predicted molar refractivity (Wildman–Crippen MR) is 130 cm³/mol. The van der Waals surface area contributed by atoms with E-state index in [0.717, 1.165) is 11.4 Å². The molecule has 0 aliphatic carbocycles. The van der Waals surface area contributed by atoms with Crippen molar-refractivity contribution >= 4 is 23.3 Å². The Morgan fingerprint density at radius 3 is 1.90 bits per heavy atom. The van der Waals surface area contributed by atoms with Crippen LogP contribution in [0, 0.1) is 0 Å². The molecule has 3 aromatic carbocycles. The summed E-state index contributed by atoms with van der Waals surface area (Å²) in [6.45, 7) is 8.76. The Kier molecular flexibility index (Phi) is 7.92. The van der Waals surface area contributed by atoms with Gasteiger partial charge in [-0.3, -0.25) is 0 Å².